The first-order valence-electron chi connectivity index (χ1n) is 6.26. The summed E-state index contributed by atoms with van der Waals surface area (Å²) in [5.74, 6) is 0.222. The van der Waals surface area contributed by atoms with Gasteiger partial charge in [-0.05, 0) is 30.9 Å². The summed E-state index contributed by atoms with van der Waals surface area (Å²) in [6.07, 6.45) is 1.36. The second kappa shape index (κ2) is 5.71. The van der Waals surface area contributed by atoms with Crippen molar-refractivity contribution in [2.75, 3.05) is 18.9 Å². The topological polar surface area (TPSA) is 69.6 Å². The number of aliphatic hydroxyl groups excluding tert-OH is 1. The van der Waals surface area contributed by atoms with Gasteiger partial charge in [0, 0.05) is 20.5 Å². The largest absolute Gasteiger partial charge is 0.393 e. The molecule has 19 heavy (non-hydrogen) atoms. The van der Waals surface area contributed by atoms with Crippen molar-refractivity contribution >= 4 is 28.2 Å². The maximum absolute atomic E-state index is 12.2. The molecular formula is C13H18N2O3S. The second-order valence-corrected chi connectivity index (χ2v) is 6.11. The molecule has 1 aromatic heterocycles. The summed E-state index contributed by atoms with van der Waals surface area (Å²) in [5.41, 5.74) is 0. The van der Waals surface area contributed by atoms with Crippen LogP contribution in [0.15, 0.2) is 12.1 Å². The molecule has 0 aliphatic heterocycles. The fraction of sp³-hybridized carbons (Fsp3) is 0.538. The lowest BCUT2D eigenvalue weighted by Gasteiger charge is -2.34. The molecule has 5 nitrogen and oxygen atoms in total. The summed E-state index contributed by atoms with van der Waals surface area (Å²) in [5, 5.41) is 12.6. The molecule has 0 unspecified atom stereocenters. The van der Waals surface area contributed by atoms with Crippen LogP contribution in [0.25, 0.3) is 0 Å². The Morgan fingerprint density at radius 2 is 2.16 bits per heavy atom. The van der Waals surface area contributed by atoms with Crippen molar-refractivity contribution in [3.63, 3.8) is 0 Å². The van der Waals surface area contributed by atoms with Crippen molar-refractivity contribution in [2.24, 2.45) is 5.92 Å². The number of carbonyl (C=O) groups excluding carboxylic acids is 2. The zero-order chi connectivity index (χ0) is 14.0. The van der Waals surface area contributed by atoms with Crippen LogP contribution in [-0.2, 0) is 4.79 Å². The molecule has 0 bridgehead atoms. The standard InChI is InChI=1S/C13H18N2O3S/c1-8(16)14-12-4-3-11(19-12)13(18)15(2)7-9-5-10(17)6-9/h3-4,9-10,17H,5-7H2,1-2H3,(H,14,16). The molecule has 1 heterocycles. The van der Waals surface area contributed by atoms with Gasteiger partial charge in [-0.15, -0.1) is 11.3 Å². The molecule has 0 aromatic carbocycles. The van der Waals surface area contributed by atoms with Crippen molar-refractivity contribution in [3.8, 4) is 0 Å². The molecule has 2 amide bonds. The van der Waals surface area contributed by atoms with Crippen LogP contribution in [0.5, 0.6) is 0 Å². The smallest absolute Gasteiger partial charge is 0.263 e. The van der Waals surface area contributed by atoms with Crippen molar-refractivity contribution in [2.45, 2.75) is 25.9 Å². The average molecular weight is 282 g/mol. The van der Waals surface area contributed by atoms with Gasteiger partial charge in [0.15, 0.2) is 0 Å². The van der Waals surface area contributed by atoms with E-state index in [9.17, 15) is 14.7 Å². The van der Waals surface area contributed by atoms with Crippen LogP contribution in [0.2, 0.25) is 0 Å². The third kappa shape index (κ3) is 3.54. The molecule has 1 aromatic rings. The summed E-state index contributed by atoms with van der Waals surface area (Å²) in [6, 6.07) is 3.46. The minimum Gasteiger partial charge on any atom is -0.393 e. The first kappa shape index (κ1) is 14.0. The van der Waals surface area contributed by atoms with Crippen LogP contribution in [-0.4, -0.2) is 41.5 Å². The number of thiophene rings is 1. The minimum absolute atomic E-state index is 0.0389. The molecular weight excluding hydrogens is 264 g/mol. The van der Waals surface area contributed by atoms with E-state index >= 15 is 0 Å². The number of carbonyl (C=O) groups is 2. The van der Waals surface area contributed by atoms with Gasteiger partial charge in [0.2, 0.25) is 5.91 Å². The van der Waals surface area contributed by atoms with E-state index in [1.165, 1.54) is 18.3 Å². The van der Waals surface area contributed by atoms with Crippen molar-refractivity contribution in [1.82, 2.24) is 4.90 Å². The highest BCUT2D eigenvalue weighted by molar-refractivity contribution is 7.18. The van der Waals surface area contributed by atoms with Gasteiger partial charge < -0.3 is 15.3 Å². The van der Waals surface area contributed by atoms with Gasteiger partial charge in [0.1, 0.15) is 0 Å². The molecule has 6 heteroatoms. The summed E-state index contributed by atoms with van der Waals surface area (Å²) in [7, 11) is 1.77. The van der Waals surface area contributed by atoms with Crippen LogP contribution in [0.4, 0.5) is 5.00 Å². The molecule has 1 fully saturated rings. The highest BCUT2D eigenvalue weighted by Gasteiger charge is 2.29. The van der Waals surface area contributed by atoms with Crippen molar-refractivity contribution in [3.05, 3.63) is 17.0 Å². The van der Waals surface area contributed by atoms with Gasteiger partial charge in [-0.3, -0.25) is 9.59 Å². The Bertz CT molecular complexity index is 480. The number of aliphatic hydroxyl groups is 1. The second-order valence-electron chi connectivity index (χ2n) is 5.02. The van der Waals surface area contributed by atoms with Gasteiger partial charge in [0.05, 0.1) is 16.0 Å². The quantitative estimate of drug-likeness (QED) is 0.880. The molecule has 0 spiro atoms. The lowest BCUT2D eigenvalue weighted by molar-refractivity contribution is -0.114. The Kier molecular flexibility index (Phi) is 4.21. The number of hydrogen-bond acceptors (Lipinski definition) is 4. The molecule has 1 aliphatic rings. The monoisotopic (exact) mass is 282 g/mol. The number of amides is 2. The van der Waals surface area contributed by atoms with Crippen LogP contribution in [0.3, 0.4) is 0 Å². The molecule has 1 aliphatic carbocycles. The zero-order valence-corrected chi connectivity index (χ0v) is 11.9. The Labute approximate surface area is 116 Å². The summed E-state index contributed by atoms with van der Waals surface area (Å²) in [4.78, 5) is 25.4. The number of rotatable bonds is 4. The number of hydrogen-bond donors (Lipinski definition) is 2. The van der Waals surface area contributed by atoms with E-state index < -0.39 is 0 Å². The van der Waals surface area contributed by atoms with Crippen LogP contribution in [0.1, 0.15) is 29.4 Å². The molecule has 2 rings (SSSR count). The first-order chi connectivity index (χ1) is 8.95. The molecule has 0 radical (unpaired) electrons. The fourth-order valence-electron chi connectivity index (χ4n) is 2.20. The Hall–Kier alpha value is -1.40. The average Bonchev–Trinajstić information content (AvgIpc) is 2.73. The Balaban J connectivity index is 1.91. The molecule has 0 atom stereocenters. The molecule has 2 N–H and O–H groups in total. The van der Waals surface area contributed by atoms with E-state index in [-0.39, 0.29) is 17.9 Å². The van der Waals surface area contributed by atoms with Crippen molar-refractivity contribution < 1.29 is 14.7 Å². The van der Waals surface area contributed by atoms with E-state index in [0.717, 1.165) is 12.8 Å². The summed E-state index contributed by atoms with van der Waals surface area (Å²) < 4.78 is 0. The van der Waals surface area contributed by atoms with Gasteiger partial charge in [-0.1, -0.05) is 0 Å². The van der Waals surface area contributed by atoms with Crippen LogP contribution in [0, 0.1) is 5.92 Å². The normalized spacial score (nSPS) is 21.6. The van der Waals surface area contributed by atoms with E-state index in [1.54, 1.807) is 24.1 Å². The Morgan fingerprint density at radius 1 is 1.47 bits per heavy atom. The summed E-state index contributed by atoms with van der Waals surface area (Å²) in [6.45, 7) is 2.11. The van der Waals surface area contributed by atoms with E-state index in [2.05, 4.69) is 5.32 Å². The van der Waals surface area contributed by atoms with Crippen LogP contribution < -0.4 is 5.32 Å². The fourth-order valence-corrected chi connectivity index (χ4v) is 3.15. The van der Waals surface area contributed by atoms with Crippen molar-refractivity contribution in [1.29, 1.82) is 0 Å². The van der Waals surface area contributed by atoms with Gasteiger partial charge in [-0.2, -0.15) is 0 Å². The lowest BCUT2D eigenvalue weighted by atomic mass is 9.82. The summed E-state index contributed by atoms with van der Waals surface area (Å²) >= 11 is 1.28. The number of anilines is 1. The van der Waals surface area contributed by atoms with E-state index in [1.807, 2.05) is 0 Å². The number of nitrogens with zero attached hydrogens (tertiary/aromatic N) is 1. The van der Waals surface area contributed by atoms with Crippen LogP contribution >= 0.6 is 11.3 Å². The molecule has 1 saturated carbocycles. The third-order valence-electron chi connectivity index (χ3n) is 3.21. The van der Waals surface area contributed by atoms with E-state index in [4.69, 9.17) is 0 Å². The predicted molar refractivity (Wildman–Crippen MR) is 74.3 cm³/mol. The number of nitrogens with one attached hydrogen (secondary N) is 1. The zero-order valence-electron chi connectivity index (χ0n) is 11.0. The highest BCUT2D eigenvalue weighted by atomic mass is 32.1. The predicted octanol–water partition coefficient (Wildman–Crippen LogP) is 1.55. The van der Waals surface area contributed by atoms with Gasteiger partial charge in [0.25, 0.3) is 5.91 Å². The third-order valence-corrected chi connectivity index (χ3v) is 4.19. The highest BCUT2D eigenvalue weighted by Crippen LogP contribution is 2.29. The minimum atomic E-state index is -0.193. The lowest BCUT2D eigenvalue weighted by Crippen LogP contribution is -2.39. The SMILES string of the molecule is CC(=O)Nc1ccc(C(=O)N(C)CC2CC(O)C2)s1. The maximum Gasteiger partial charge on any atom is 0.263 e. The van der Waals surface area contributed by atoms with E-state index in [0.29, 0.717) is 22.3 Å². The Morgan fingerprint density at radius 3 is 2.74 bits per heavy atom. The van der Waals surface area contributed by atoms with Gasteiger partial charge >= 0.3 is 0 Å². The van der Waals surface area contributed by atoms with Gasteiger partial charge in [-0.25, -0.2) is 0 Å². The molecule has 104 valence electrons. The first-order valence-corrected chi connectivity index (χ1v) is 7.08. The maximum atomic E-state index is 12.2. The molecule has 0 saturated heterocycles.